The molecule has 1 aliphatic heterocycles. The Kier molecular flexibility index (Phi) is 4.96. The van der Waals surface area contributed by atoms with Gasteiger partial charge in [0, 0.05) is 29.3 Å². The van der Waals surface area contributed by atoms with E-state index >= 15 is 0 Å². The van der Waals surface area contributed by atoms with Crippen molar-refractivity contribution in [2.45, 2.75) is 32.0 Å². The normalized spacial score (nSPS) is 20.2. The molecule has 1 unspecified atom stereocenters. The molecule has 20 heavy (non-hydrogen) atoms. The van der Waals surface area contributed by atoms with Crippen LogP contribution in [0.5, 0.6) is 0 Å². The second-order valence-electron chi connectivity index (χ2n) is 5.04. The molecule has 0 bridgehead atoms. The molecule has 2 rings (SSSR count). The van der Waals surface area contributed by atoms with Gasteiger partial charge in [-0.05, 0) is 37.6 Å². The molecule has 0 saturated carbocycles. The summed E-state index contributed by atoms with van der Waals surface area (Å²) in [5.74, 6) is 0. The number of alkyl halides is 3. The maximum Gasteiger partial charge on any atom is 0.416 e. The van der Waals surface area contributed by atoms with Gasteiger partial charge in [-0.2, -0.15) is 13.2 Å². The number of piperidine rings is 1. The molecule has 0 radical (unpaired) electrons. The third kappa shape index (κ3) is 3.88. The van der Waals surface area contributed by atoms with Crippen molar-refractivity contribution >= 4 is 21.6 Å². The fourth-order valence-electron chi connectivity index (χ4n) is 2.59. The van der Waals surface area contributed by atoms with Crippen LogP contribution in [0.15, 0.2) is 22.7 Å². The molecule has 1 atom stereocenters. The van der Waals surface area contributed by atoms with Crippen molar-refractivity contribution in [3.63, 3.8) is 0 Å². The molecular formula is C14H18BrF3N2. The van der Waals surface area contributed by atoms with E-state index in [1.807, 2.05) is 11.8 Å². The van der Waals surface area contributed by atoms with Crippen LogP contribution in [0.25, 0.3) is 0 Å². The molecule has 0 aromatic heterocycles. The zero-order valence-corrected chi connectivity index (χ0v) is 12.9. The first kappa shape index (κ1) is 15.6. The summed E-state index contributed by atoms with van der Waals surface area (Å²) in [6, 6.07) is 4.46. The van der Waals surface area contributed by atoms with Gasteiger partial charge in [-0.1, -0.05) is 22.9 Å². The van der Waals surface area contributed by atoms with E-state index in [1.165, 1.54) is 6.07 Å². The summed E-state index contributed by atoms with van der Waals surface area (Å²) in [6.45, 7) is 4.47. The van der Waals surface area contributed by atoms with Gasteiger partial charge in [0.05, 0.1) is 5.56 Å². The Morgan fingerprint density at radius 2 is 2.10 bits per heavy atom. The maximum atomic E-state index is 12.9. The monoisotopic (exact) mass is 350 g/mol. The first-order chi connectivity index (χ1) is 9.40. The van der Waals surface area contributed by atoms with Gasteiger partial charge in [0.25, 0.3) is 0 Å². The summed E-state index contributed by atoms with van der Waals surface area (Å²) in [6.07, 6.45) is -2.24. The molecule has 0 aliphatic carbocycles. The molecule has 1 fully saturated rings. The maximum absolute atomic E-state index is 12.9. The molecule has 1 aromatic carbocycles. The molecule has 1 saturated heterocycles. The van der Waals surface area contributed by atoms with Crippen molar-refractivity contribution in [2.75, 3.05) is 24.5 Å². The van der Waals surface area contributed by atoms with Crippen molar-refractivity contribution in [2.24, 2.45) is 0 Å². The quantitative estimate of drug-likeness (QED) is 0.884. The van der Waals surface area contributed by atoms with Crippen molar-refractivity contribution < 1.29 is 13.2 Å². The number of benzene rings is 1. The summed E-state index contributed by atoms with van der Waals surface area (Å²) < 4.78 is 39.0. The second-order valence-corrected chi connectivity index (χ2v) is 5.95. The van der Waals surface area contributed by atoms with E-state index in [1.54, 1.807) is 6.07 Å². The number of rotatable bonds is 3. The van der Waals surface area contributed by atoms with Gasteiger partial charge >= 0.3 is 6.18 Å². The van der Waals surface area contributed by atoms with E-state index in [4.69, 9.17) is 0 Å². The third-order valence-electron chi connectivity index (χ3n) is 3.49. The van der Waals surface area contributed by atoms with Crippen molar-refractivity contribution in [3.8, 4) is 0 Å². The van der Waals surface area contributed by atoms with E-state index in [2.05, 4.69) is 21.2 Å². The van der Waals surface area contributed by atoms with Gasteiger partial charge in [0.1, 0.15) is 0 Å². The van der Waals surface area contributed by atoms with Gasteiger partial charge in [0.2, 0.25) is 0 Å². The Morgan fingerprint density at radius 1 is 1.35 bits per heavy atom. The number of nitrogens with one attached hydrogen (secondary N) is 1. The number of likely N-dealkylation sites (N-methyl/N-ethyl adjacent to an activating group) is 1. The highest BCUT2D eigenvalue weighted by molar-refractivity contribution is 9.10. The number of anilines is 1. The van der Waals surface area contributed by atoms with Crippen LogP contribution >= 0.6 is 15.9 Å². The van der Waals surface area contributed by atoms with Crippen molar-refractivity contribution in [1.82, 2.24) is 5.32 Å². The van der Waals surface area contributed by atoms with E-state index in [0.29, 0.717) is 16.2 Å². The van der Waals surface area contributed by atoms with Crippen molar-refractivity contribution in [3.05, 3.63) is 28.2 Å². The summed E-state index contributed by atoms with van der Waals surface area (Å²) in [5, 5.41) is 3.37. The minimum absolute atomic E-state index is 0.349. The summed E-state index contributed by atoms with van der Waals surface area (Å²) in [4.78, 5) is 2.02. The summed E-state index contributed by atoms with van der Waals surface area (Å²) >= 11 is 3.18. The lowest BCUT2D eigenvalue weighted by Gasteiger charge is -2.35. The van der Waals surface area contributed by atoms with Crippen LogP contribution in [0.1, 0.15) is 25.3 Å². The highest BCUT2D eigenvalue weighted by atomic mass is 79.9. The first-order valence-electron chi connectivity index (χ1n) is 6.76. The van der Waals surface area contributed by atoms with Crippen LogP contribution in [0.3, 0.4) is 0 Å². The Hall–Kier alpha value is -0.750. The molecule has 6 heteroatoms. The molecule has 0 amide bonds. The molecule has 0 spiro atoms. The minimum atomic E-state index is -4.31. The minimum Gasteiger partial charge on any atom is -0.370 e. The number of hydrogen-bond donors (Lipinski definition) is 1. The van der Waals surface area contributed by atoms with Crippen LogP contribution in [0, 0.1) is 0 Å². The lowest BCUT2D eigenvalue weighted by molar-refractivity contribution is -0.137. The third-order valence-corrected chi connectivity index (χ3v) is 3.95. The fourth-order valence-corrected chi connectivity index (χ4v) is 3.07. The number of nitrogens with zero attached hydrogens (tertiary/aromatic N) is 1. The molecule has 1 N–H and O–H groups in total. The largest absolute Gasteiger partial charge is 0.416 e. The predicted molar refractivity (Wildman–Crippen MR) is 78.1 cm³/mol. The lowest BCUT2D eigenvalue weighted by Crippen LogP contribution is -2.45. The first-order valence-corrected chi connectivity index (χ1v) is 7.55. The number of hydrogen-bond acceptors (Lipinski definition) is 2. The predicted octanol–water partition coefficient (Wildman–Crippen LogP) is 4.05. The SMILES string of the molecule is CCNC1CCCN(c2cc(Br)cc(C(F)(F)F)c2)C1. The topological polar surface area (TPSA) is 15.3 Å². The van der Waals surface area contributed by atoms with E-state index in [-0.39, 0.29) is 0 Å². The molecule has 112 valence electrons. The van der Waals surface area contributed by atoms with Gasteiger partial charge in [-0.15, -0.1) is 0 Å². The van der Waals surface area contributed by atoms with E-state index in [0.717, 1.165) is 38.5 Å². The van der Waals surface area contributed by atoms with E-state index < -0.39 is 11.7 Å². The zero-order chi connectivity index (χ0) is 14.8. The zero-order valence-electron chi connectivity index (χ0n) is 11.3. The average Bonchev–Trinajstić information content (AvgIpc) is 2.38. The van der Waals surface area contributed by atoms with Crippen LogP contribution in [-0.2, 0) is 6.18 Å². The highest BCUT2D eigenvalue weighted by Crippen LogP contribution is 2.35. The van der Waals surface area contributed by atoms with Gasteiger partial charge < -0.3 is 10.2 Å². The van der Waals surface area contributed by atoms with Crippen LogP contribution in [-0.4, -0.2) is 25.7 Å². The molecular weight excluding hydrogens is 333 g/mol. The Balaban J connectivity index is 2.21. The Bertz CT molecular complexity index is 460. The molecule has 2 nitrogen and oxygen atoms in total. The highest BCUT2D eigenvalue weighted by Gasteiger charge is 2.32. The number of halogens is 4. The van der Waals surface area contributed by atoms with Crippen LogP contribution in [0.4, 0.5) is 18.9 Å². The van der Waals surface area contributed by atoms with Gasteiger partial charge in [-0.25, -0.2) is 0 Å². The Morgan fingerprint density at radius 3 is 2.75 bits per heavy atom. The standard InChI is InChI=1S/C14H18BrF3N2/c1-2-19-12-4-3-5-20(9-12)13-7-10(14(16,17)18)6-11(15)8-13/h6-8,12,19H,2-5,9H2,1H3. The fraction of sp³-hybridized carbons (Fsp3) is 0.571. The Labute approximate surface area is 125 Å². The smallest absolute Gasteiger partial charge is 0.370 e. The van der Waals surface area contributed by atoms with E-state index in [9.17, 15) is 13.2 Å². The summed E-state index contributed by atoms with van der Waals surface area (Å²) in [5.41, 5.74) is 0.0294. The lowest BCUT2D eigenvalue weighted by atomic mass is 10.0. The van der Waals surface area contributed by atoms with Crippen molar-refractivity contribution in [1.29, 1.82) is 0 Å². The van der Waals surface area contributed by atoms with Gasteiger partial charge in [-0.3, -0.25) is 0 Å². The summed E-state index contributed by atoms with van der Waals surface area (Å²) in [7, 11) is 0. The van der Waals surface area contributed by atoms with Gasteiger partial charge in [0.15, 0.2) is 0 Å². The molecule has 1 aromatic rings. The average molecular weight is 351 g/mol. The van der Waals surface area contributed by atoms with Crippen LogP contribution < -0.4 is 10.2 Å². The van der Waals surface area contributed by atoms with Crippen LogP contribution in [0.2, 0.25) is 0 Å². The molecule has 1 aliphatic rings. The molecule has 1 heterocycles. The second kappa shape index (κ2) is 6.35.